The van der Waals surface area contributed by atoms with Crippen molar-refractivity contribution in [3.63, 3.8) is 0 Å². The summed E-state index contributed by atoms with van der Waals surface area (Å²) in [7, 11) is 1.55. The lowest BCUT2D eigenvalue weighted by Crippen LogP contribution is -2.18. The zero-order valence-electron chi connectivity index (χ0n) is 8.75. The van der Waals surface area contributed by atoms with Gasteiger partial charge in [0.1, 0.15) is 11.6 Å². The fraction of sp³-hybridized carbons (Fsp3) is 0.455. The summed E-state index contributed by atoms with van der Waals surface area (Å²) in [5.74, 6) is 0.570. The summed E-state index contributed by atoms with van der Waals surface area (Å²) in [5.41, 5.74) is 6.38. The van der Waals surface area contributed by atoms with E-state index in [4.69, 9.17) is 10.5 Å². The molecule has 0 radical (unpaired) electrons. The van der Waals surface area contributed by atoms with Gasteiger partial charge in [-0.15, -0.1) is 0 Å². The van der Waals surface area contributed by atoms with Gasteiger partial charge >= 0.3 is 0 Å². The molecule has 0 fully saturated rings. The zero-order valence-corrected chi connectivity index (χ0v) is 8.75. The molecule has 2 N–H and O–H groups in total. The second-order valence-corrected chi connectivity index (χ2v) is 3.66. The predicted octanol–water partition coefficient (Wildman–Crippen LogP) is 2.49. The summed E-state index contributed by atoms with van der Waals surface area (Å²) < 4.78 is 18.4. The van der Waals surface area contributed by atoms with E-state index in [-0.39, 0.29) is 17.8 Å². The molecular weight excluding hydrogens is 181 g/mol. The SMILES string of the molecule is COc1ccc(F)c([C@@H](N)C(C)C)c1. The number of benzene rings is 1. The molecule has 0 saturated heterocycles. The van der Waals surface area contributed by atoms with E-state index in [9.17, 15) is 4.39 Å². The van der Waals surface area contributed by atoms with Gasteiger partial charge in [0.25, 0.3) is 0 Å². The molecule has 14 heavy (non-hydrogen) atoms. The van der Waals surface area contributed by atoms with Crippen molar-refractivity contribution >= 4 is 0 Å². The molecule has 0 unspecified atom stereocenters. The highest BCUT2D eigenvalue weighted by Gasteiger charge is 2.15. The number of rotatable bonds is 3. The molecule has 1 aromatic rings. The maximum atomic E-state index is 13.4. The molecular formula is C11H16FNO. The van der Waals surface area contributed by atoms with Gasteiger partial charge in [-0.25, -0.2) is 4.39 Å². The molecule has 1 aromatic carbocycles. The Kier molecular flexibility index (Phi) is 3.47. The standard InChI is InChI=1S/C11H16FNO/c1-7(2)11(13)9-6-8(14-3)4-5-10(9)12/h4-7,11H,13H2,1-3H3/t11-/m0/s1. The van der Waals surface area contributed by atoms with E-state index in [2.05, 4.69) is 0 Å². The Morgan fingerprint density at radius 2 is 2.00 bits per heavy atom. The van der Waals surface area contributed by atoms with Crippen LogP contribution in [0.5, 0.6) is 5.75 Å². The van der Waals surface area contributed by atoms with Crippen LogP contribution in [0, 0.1) is 11.7 Å². The third-order valence-electron chi connectivity index (χ3n) is 2.28. The summed E-state index contributed by atoms with van der Waals surface area (Å²) in [5, 5.41) is 0. The molecule has 3 heteroatoms. The van der Waals surface area contributed by atoms with Crippen molar-refractivity contribution in [1.82, 2.24) is 0 Å². The molecule has 1 atom stereocenters. The minimum Gasteiger partial charge on any atom is -0.497 e. The monoisotopic (exact) mass is 197 g/mol. The molecule has 0 heterocycles. The third kappa shape index (κ3) is 2.23. The Balaban J connectivity index is 3.05. The molecule has 0 amide bonds. The van der Waals surface area contributed by atoms with Crippen LogP contribution in [0.1, 0.15) is 25.5 Å². The number of halogens is 1. The van der Waals surface area contributed by atoms with Crippen molar-refractivity contribution in [2.45, 2.75) is 19.9 Å². The first-order valence-electron chi connectivity index (χ1n) is 4.65. The summed E-state index contributed by atoms with van der Waals surface area (Å²) in [6, 6.07) is 4.34. The first kappa shape index (κ1) is 11.0. The van der Waals surface area contributed by atoms with Crippen LogP contribution in [0.3, 0.4) is 0 Å². The molecule has 78 valence electrons. The summed E-state index contributed by atoms with van der Waals surface area (Å²) in [6.45, 7) is 3.92. The van der Waals surface area contributed by atoms with Crippen LogP contribution in [0.15, 0.2) is 18.2 Å². The van der Waals surface area contributed by atoms with Crippen molar-refractivity contribution in [1.29, 1.82) is 0 Å². The number of ether oxygens (including phenoxy) is 1. The lowest BCUT2D eigenvalue weighted by atomic mass is 9.96. The summed E-state index contributed by atoms with van der Waals surface area (Å²) in [4.78, 5) is 0. The zero-order chi connectivity index (χ0) is 10.7. The maximum absolute atomic E-state index is 13.4. The normalized spacial score (nSPS) is 13.0. The van der Waals surface area contributed by atoms with Gasteiger partial charge in [-0.05, 0) is 24.1 Å². The highest BCUT2D eigenvalue weighted by atomic mass is 19.1. The second kappa shape index (κ2) is 4.42. The van der Waals surface area contributed by atoms with E-state index in [1.54, 1.807) is 19.2 Å². The van der Waals surface area contributed by atoms with Crippen LogP contribution in [-0.4, -0.2) is 7.11 Å². The molecule has 0 bridgehead atoms. The van der Waals surface area contributed by atoms with Crippen molar-refractivity contribution in [2.75, 3.05) is 7.11 Å². The van der Waals surface area contributed by atoms with E-state index < -0.39 is 0 Å². The van der Waals surface area contributed by atoms with E-state index in [0.29, 0.717) is 11.3 Å². The first-order chi connectivity index (χ1) is 6.56. The minimum atomic E-state index is -0.287. The average molecular weight is 197 g/mol. The molecule has 0 spiro atoms. The van der Waals surface area contributed by atoms with Gasteiger partial charge in [-0.2, -0.15) is 0 Å². The fourth-order valence-corrected chi connectivity index (χ4v) is 1.26. The topological polar surface area (TPSA) is 35.2 Å². The van der Waals surface area contributed by atoms with E-state index >= 15 is 0 Å². The lowest BCUT2D eigenvalue weighted by molar-refractivity contribution is 0.409. The van der Waals surface area contributed by atoms with Crippen molar-refractivity contribution in [3.8, 4) is 5.75 Å². The highest BCUT2D eigenvalue weighted by Crippen LogP contribution is 2.25. The minimum absolute atomic E-state index is 0.205. The van der Waals surface area contributed by atoms with Gasteiger partial charge in [-0.1, -0.05) is 13.8 Å². The Morgan fingerprint density at radius 1 is 1.36 bits per heavy atom. The molecule has 0 aliphatic rings. The van der Waals surface area contributed by atoms with Gasteiger partial charge in [0.2, 0.25) is 0 Å². The van der Waals surface area contributed by atoms with Gasteiger partial charge in [0.05, 0.1) is 7.11 Å². The van der Waals surface area contributed by atoms with Gasteiger partial charge in [0.15, 0.2) is 0 Å². The largest absolute Gasteiger partial charge is 0.497 e. The Hall–Kier alpha value is -1.09. The quantitative estimate of drug-likeness (QED) is 0.808. The van der Waals surface area contributed by atoms with Gasteiger partial charge in [0, 0.05) is 11.6 Å². The maximum Gasteiger partial charge on any atom is 0.128 e. The van der Waals surface area contributed by atoms with E-state index in [1.807, 2.05) is 13.8 Å². The number of methoxy groups -OCH3 is 1. The molecule has 0 saturated carbocycles. The third-order valence-corrected chi connectivity index (χ3v) is 2.28. The fourth-order valence-electron chi connectivity index (χ4n) is 1.26. The van der Waals surface area contributed by atoms with Crippen LogP contribution in [-0.2, 0) is 0 Å². The lowest BCUT2D eigenvalue weighted by Gasteiger charge is -2.17. The van der Waals surface area contributed by atoms with Crippen molar-refractivity contribution in [3.05, 3.63) is 29.6 Å². The molecule has 0 aliphatic heterocycles. The second-order valence-electron chi connectivity index (χ2n) is 3.66. The molecule has 0 aromatic heterocycles. The predicted molar refractivity (Wildman–Crippen MR) is 54.7 cm³/mol. The van der Waals surface area contributed by atoms with Crippen LogP contribution in [0.2, 0.25) is 0 Å². The molecule has 0 aliphatic carbocycles. The van der Waals surface area contributed by atoms with Crippen LogP contribution >= 0.6 is 0 Å². The molecule has 1 rings (SSSR count). The molecule has 2 nitrogen and oxygen atoms in total. The smallest absolute Gasteiger partial charge is 0.128 e. The number of hydrogen-bond donors (Lipinski definition) is 1. The first-order valence-corrected chi connectivity index (χ1v) is 4.65. The van der Waals surface area contributed by atoms with E-state index in [0.717, 1.165) is 0 Å². The van der Waals surface area contributed by atoms with Gasteiger partial charge in [-0.3, -0.25) is 0 Å². The average Bonchev–Trinajstić information content (AvgIpc) is 2.17. The van der Waals surface area contributed by atoms with Crippen LogP contribution in [0.25, 0.3) is 0 Å². The van der Waals surface area contributed by atoms with Crippen LogP contribution in [0.4, 0.5) is 4.39 Å². The van der Waals surface area contributed by atoms with Gasteiger partial charge < -0.3 is 10.5 Å². The Bertz CT molecular complexity index is 312. The Morgan fingerprint density at radius 3 is 2.50 bits per heavy atom. The van der Waals surface area contributed by atoms with E-state index in [1.165, 1.54) is 6.07 Å². The van der Waals surface area contributed by atoms with Crippen molar-refractivity contribution < 1.29 is 9.13 Å². The Labute approximate surface area is 83.9 Å². The van der Waals surface area contributed by atoms with Crippen molar-refractivity contribution in [2.24, 2.45) is 11.7 Å². The van der Waals surface area contributed by atoms with Crippen LogP contribution < -0.4 is 10.5 Å². The summed E-state index contributed by atoms with van der Waals surface area (Å²) in [6.07, 6.45) is 0. The number of hydrogen-bond acceptors (Lipinski definition) is 2. The number of nitrogens with two attached hydrogens (primary N) is 1. The highest BCUT2D eigenvalue weighted by molar-refractivity contribution is 5.31. The summed E-state index contributed by atoms with van der Waals surface area (Å²) >= 11 is 0.